The summed E-state index contributed by atoms with van der Waals surface area (Å²) in [5.41, 5.74) is 2.43. The van der Waals surface area contributed by atoms with Crippen LogP contribution in [0.15, 0.2) is 48.5 Å². The molecule has 0 atom stereocenters. The average molecular weight is 299 g/mol. The summed E-state index contributed by atoms with van der Waals surface area (Å²) in [4.78, 5) is 2.43. The first-order valence-electron chi connectivity index (χ1n) is 7.74. The lowest BCUT2D eigenvalue weighted by Gasteiger charge is -2.23. The van der Waals surface area contributed by atoms with Gasteiger partial charge in [-0.25, -0.2) is 0 Å². The van der Waals surface area contributed by atoms with Crippen molar-refractivity contribution < 1.29 is 9.47 Å². The summed E-state index contributed by atoms with van der Waals surface area (Å²) in [6.45, 7) is 4.99. The van der Waals surface area contributed by atoms with Crippen LogP contribution in [0.4, 0.5) is 0 Å². The van der Waals surface area contributed by atoms with Gasteiger partial charge >= 0.3 is 0 Å². The van der Waals surface area contributed by atoms with E-state index in [4.69, 9.17) is 9.47 Å². The van der Waals surface area contributed by atoms with Crippen molar-refractivity contribution in [2.24, 2.45) is 0 Å². The van der Waals surface area contributed by atoms with Crippen molar-refractivity contribution in [1.29, 1.82) is 0 Å². The molecule has 0 unspecified atom stereocenters. The summed E-state index contributed by atoms with van der Waals surface area (Å²) in [6.07, 6.45) is 1.12. The Labute approximate surface area is 133 Å². The van der Waals surface area contributed by atoms with Gasteiger partial charge in [-0.1, -0.05) is 43.3 Å². The number of rotatable bonds is 8. The van der Waals surface area contributed by atoms with Gasteiger partial charge < -0.3 is 9.47 Å². The first-order chi connectivity index (χ1) is 10.8. The lowest BCUT2D eigenvalue weighted by molar-refractivity contribution is 0.249. The third-order valence-corrected chi connectivity index (χ3v) is 3.71. The quantitative estimate of drug-likeness (QED) is 0.732. The highest BCUT2D eigenvalue weighted by molar-refractivity contribution is 5.35. The molecule has 2 aromatic rings. The average Bonchev–Trinajstić information content (AvgIpc) is 2.56. The van der Waals surface area contributed by atoms with Crippen LogP contribution in [0.2, 0.25) is 0 Å². The summed E-state index contributed by atoms with van der Waals surface area (Å²) in [5, 5.41) is 0. The van der Waals surface area contributed by atoms with Gasteiger partial charge in [0.25, 0.3) is 0 Å². The molecule has 3 heteroatoms. The van der Waals surface area contributed by atoms with Crippen LogP contribution < -0.4 is 9.47 Å². The SMILES string of the molecule is CCCN(Cc1ccccc1OC)Cc1ccccc1OC. The van der Waals surface area contributed by atoms with Gasteiger partial charge in [-0.2, -0.15) is 0 Å². The smallest absolute Gasteiger partial charge is 0.123 e. The molecule has 22 heavy (non-hydrogen) atoms. The van der Waals surface area contributed by atoms with E-state index >= 15 is 0 Å². The highest BCUT2D eigenvalue weighted by Gasteiger charge is 2.12. The summed E-state index contributed by atoms with van der Waals surface area (Å²) >= 11 is 0. The zero-order valence-corrected chi connectivity index (χ0v) is 13.7. The summed E-state index contributed by atoms with van der Waals surface area (Å²) in [5.74, 6) is 1.90. The van der Waals surface area contributed by atoms with Crippen molar-refractivity contribution in [3.05, 3.63) is 59.7 Å². The van der Waals surface area contributed by atoms with Crippen LogP contribution in [0.25, 0.3) is 0 Å². The molecule has 0 amide bonds. The normalized spacial score (nSPS) is 10.7. The van der Waals surface area contributed by atoms with E-state index in [-0.39, 0.29) is 0 Å². The number of benzene rings is 2. The van der Waals surface area contributed by atoms with E-state index in [1.807, 2.05) is 24.3 Å². The Bertz CT molecular complexity index is 534. The Morgan fingerprint density at radius 1 is 0.773 bits per heavy atom. The van der Waals surface area contributed by atoms with E-state index < -0.39 is 0 Å². The van der Waals surface area contributed by atoms with Crippen LogP contribution >= 0.6 is 0 Å². The molecule has 3 nitrogen and oxygen atoms in total. The van der Waals surface area contributed by atoms with Gasteiger partial charge in [-0.3, -0.25) is 4.90 Å². The first-order valence-corrected chi connectivity index (χ1v) is 7.74. The monoisotopic (exact) mass is 299 g/mol. The molecule has 0 aromatic heterocycles. The van der Waals surface area contributed by atoms with E-state index in [9.17, 15) is 0 Å². The third kappa shape index (κ3) is 4.25. The number of nitrogens with zero attached hydrogens (tertiary/aromatic N) is 1. The fourth-order valence-corrected chi connectivity index (χ4v) is 2.68. The minimum absolute atomic E-state index is 0.871. The molecular formula is C19H25NO2. The molecular weight excluding hydrogens is 274 g/mol. The number of ether oxygens (including phenoxy) is 2. The molecule has 0 N–H and O–H groups in total. The molecule has 118 valence electrons. The molecule has 0 fully saturated rings. The van der Waals surface area contributed by atoms with Crippen LogP contribution in [-0.2, 0) is 13.1 Å². The van der Waals surface area contributed by atoms with Crippen LogP contribution in [0.3, 0.4) is 0 Å². The van der Waals surface area contributed by atoms with Crippen molar-refractivity contribution in [2.45, 2.75) is 26.4 Å². The van der Waals surface area contributed by atoms with E-state index in [0.29, 0.717) is 0 Å². The maximum Gasteiger partial charge on any atom is 0.123 e. The summed E-state index contributed by atoms with van der Waals surface area (Å²) < 4.78 is 10.9. The minimum Gasteiger partial charge on any atom is -0.496 e. The summed E-state index contributed by atoms with van der Waals surface area (Å²) in [6, 6.07) is 16.4. The molecule has 0 heterocycles. The largest absolute Gasteiger partial charge is 0.496 e. The highest BCUT2D eigenvalue weighted by Crippen LogP contribution is 2.23. The molecule has 0 aliphatic heterocycles. The Balaban J connectivity index is 2.16. The zero-order chi connectivity index (χ0) is 15.8. The van der Waals surface area contributed by atoms with Crippen LogP contribution in [0.1, 0.15) is 24.5 Å². The summed E-state index contributed by atoms with van der Waals surface area (Å²) in [7, 11) is 3.45. The highest BCUT2D eigenvalue weighted by atomic mass is 16.5. The van der Waals surface area contributed by atoms with E-state index in [0.717, 1.165) is 37.6 Å². The van der Waals surface area contributed by atoms with E-state index in [1.165, 1.54) is 11.1 Å². The second kappa shape index (κ2) is 8.44. The van der Waals surface area contributed by atoms with Crippen LogP contribution in [0.5, 0.6) is 11.5 Å². The molecule has 0 bridgehead atoms. The molecule has 0 saturated carbocycles. The zero-order valence-electron chi connectivity index (χ0n) is 13.7. The Morgan fingerprint density at radius 2 is 1.23 bits per heavy atom. The Kier molecular flexibility index (Phi) is 6.28. The van der Waals surface area contributed by atoms with Crippen LogP contribution in [0, 0.1) is 0 Å². The molecule has 2 aromatic carbocycles. The van der Waals surface area contributed by atoms with Gasteiger partial charge in [0.2, 0.25) is 0 Å². The van der Waals surface area contributed by atoms with Gasteiger partial charge in [0.15, 0.2) is 0 Å². The van der Waals surface area contributed by atoms with Crippen molar-refractivity contribution in [3.8, 4) is 11.5 Å². The number of para-hydroxylation sites is 2. The molecule has 0 spiro atoms. The van der Waals surface area contributed by atoms with E-state index in [2.05, 4.69) is 36.1 Å². The fraction of sp³-hybridized carbons (Fsp3) is 0.368. The number of hydrogen-bond acceptors (Lipinski definition) is 3. The lowest BCUT2D eigenvalue weighted by Crippen LogP contribution is -2.24. The van der Waals surface area contributed by atoms with Crippen molar-refractivity contribution >= 4 is 0 Å². The maximum absolute atomic E-state index is 5.47. The van der Waals surface area contributed by atoms with Gasteiger partial charge in [0.05, 0.1) is 14.2 Å². The van der Waals surface area contributed by atoms with Crippen molar-refractivity contribution in [2.75, 3.05) is 20.8 Å². The van der Waals surface area contributed by atoms with Gasteiger partial charge in [-0.15, -0.1) is 0 Å². The predicted molar refractivity (Wildman–Crippen MR) is 90.4 cm³/mol. The van der Waals surface area contributed by atoms with Crippen molar-refractivity contribution in [1.82, 2.24) is 4.90 Å². The lowest BCUT2D eigenvalue weighted by atomic mass is 10.1. The first kappa shape index (κ1) is 16.4. The Morgan fingerprint density at radius 3 is 1.64 bits per heavy atom. The number of hydrogen-bond donors (Lipinski definition) is 0. The number of methoxy groups -OCH3 is 2. The standard InChI is InChI=1S/C19H25NO2/c1-4-13-20(14-16-9-5-7-11-18(16)21-2)15-17-10-6-8-12-19(17)22-3/h5-12H,4,13-15H2,1-3H3. The van der Waals surface area contributed by atoms with Gasteiger partial charge in [-0.05, 0) is 25.1 Å². The van der Waals surface area contributed by atoms with Crippen molar-refractivity contribution in [3.63, 3.8) is 0 Å². The van der Waals surface area contributed by atoms with Gasteiger partial charge in [0, 0.05) is 24.2 Å². The third-order valence-electron chi connectivity index (χ3n) is 3.71. The molecule has 2 rings (SSSR count). The second-order valence-corrected chi connectivity index (χ2v) is 5.33. The van der Waals surface area contributed by atoms with Crippen LogP contribution in [-0.4, -0.2) is 25.7 Å². The molecule has 0 radical (unpaired) electrons. The Hall–Kier alpha value is -2.00. The maximum atomic E-state index is 5.47. The minimum atomic E-state index is 0.871. The van der Waals surface area contributed by atoms with Gasteiger partial charge in [0.1, 0.15) is 11.5 Å². The second-order valence-electron chi connectivity index (χ2n) is 5.33. The molecule has 0 saturated heterocycles. The topological polar surface area (TPSA) is 21.7 Å². The molecule has 0 aliphatic carbocycles. The predicted octanol–water partition coefficient (Wildman–Crippen LogP) is 4.12. The fourth-order valence-electron chi connectivity index (χ4n) is 2.68. The molecule has 0 aliphatic rings. The van der Waals surface area contributed by atoms with E-state index in [1.54, 1.807) is 14.2 Å².